The van der Waals surface area contributed by atoms with Crippen LogP contribution in [-0.4, -0.2) is 32.7 Å². The molecule has 6 nitrogen and oxygen atoms in total. The van der Waals surface area contributed by atoms with Crippen LogP contribution < -0.4 is 10.6 Å². The van der Waals surface area contributed by atoms with Gasteiger partial charge in [0, 0.05) is 19.3 Å². The molecular formula is C21H20Cl2F3N5O. The minimum Gasteiger partial charge on any atom is -0.349 e. The van der Waals surface area contributed by atoms with Gasteiger partial charge in [-0.1, -0.05) is 29.3 Å². The second-order valence-electron chi connectivity index (χ2n) is 7.85. The average molecular weight is 486 g/mol. The highest BCUT2D eigenvalue weighted by atomic mass is 35.5. The van der Waals surface area contributed by atoms with E-state index in [1.165, 1.54) is 6.20 Å². The molecule has 0 unspecified atom stereocenters. The molecule has 0 spiro atoms. The molecule has 1 saturated carbocycles. The molecule has 170 valence electrons. The number of alkyl halides is 3. The number of nitrogens with one attached hydrogen (secondary N) is 2. The zero-order valence-electron chi connectivity index (χ0n) is 17.0. The van der Waals surface area contributed by atoms with Crippen LogP contribution in [0.2, 0.25) is 10.0 Å². The van der Waals surface area contributed by atoms with E-state index in [4.69, 9.17) is 23.2 Å². The number of benzene rings is 1. The number of rotatable bonds is 4. The van der Waals surface area contributed by atoms with Gasteiger partial charge in [0.15, 0.2) is 5.65 Å². The summed E-state index contributed by atoms with van der Waals surface area (Å²) in [5, 5.41) is 6.76. The van der Waals surface area contributed by atoms with E-state index in [9.17, 15) is 18.0 Å². The lowest BCUT2D eigenvalue weighted by Gasteiger charge is -2.30. The Morgan fingerprint density at radius 3 is 2.44 bits per heavy atom. The first-order valence-electron chi connectivity index (χ1n) is 10.0. The molecule has 0 radical (unpaired) electrons. The predicted octanol–water partition coefficient (Wildman–Crippen LogP) is 5.87. The molecule has 1 aliphatic carbocycles. The fraction of sp³-hybridized carbons (Fsp3) is 0.381. The molecule has 32 heavy (non-hydrogen) atoms. The molecule has 1 amide bonds. The van der Waals surface area contributed by atoms with Crippen LogP contribution in [0.1, 0.15) is 36.0 Å². The molecule has 0 bridgehead atoms. The van der Waals surface area contributed by atoms with E-state index >= 15 is 0 Å². The van der Waals surface area contributed by atoms with Gasteiger partial charge in [0.25, 0.3) is 5.91 Å². The fourth-order valence-electron chi connectivity index (χ4n) is 3.87. The van der Waals surface area contributed by atoms with Crippen molar-refractivity contribution in [1.82, 2.24) is 19.9 Å². The van der Waals surface area contributed by atoms with E-state index in [2.05, 4.69) is 20.6 Å². The Bertz CT molecular complexity index is 1140. The molecule has 2 aromatic heterocycles. The first-order valence-corrected chi connectivity index (χ1v) is 10.8. The number of carbonyl (C=O) groups is 1. The highest BCUT2D eigenvalue weighted by molar-refractivity contribution is 6.39. The molecule has 2 N–H and O–H groups in total. The van der Waals surface area contributed by atoms with Gasteiger partial charge in [-0.3, -0.25) is 9.36 Å². The van der Waals surface area contributed by atoms with Crippen molar-refractivity contribution in [3.8, 4) is 0 Å². The van der Waals surface area contributed by atoms with E-state index in [1.54, 1.807) is 35.9 Å². The van der Waals surface area contributed by atoms with E-state index < -0.39 is 12.1 Å². The van der Waals surface area contributed by atoms with Crippen LogP contribution in [0.4, 0.5) is 24.8 Å². The third kappa shape index (κ3) is 4.63. The summed E-state index contributed by atoms with van der Waals surface area (Å²) in [4.78, 5) is 21.5. The Labute approximate surface area is 192 Å². The minimum atomic E-state index is -4.18. The smallest absolute Gasteiger partial charge is 0.349 e. The summed E-state index contributed by atoms with van der Waals surface area (Å²) in [6.45, 7) is 0. The lowest BCUT2D eigenvalue weighted by Crippen LogP contribution is -2.40. The maximum atomic E-state index is 12.8. The molecule has 11 heteroatoms. The summed E-state index contributed by atoms with van der Waals surface area (Å²) in [5.41, 5.74) is 1.81. The van der Waals surface area contributed by atoms with E-state index in [1.807, 2.05) is 0 Å². The van der Waals surface area contributed by atoms with Crippen molar-refractivity contribution in [3.63, 3.8) is 0 Å². The first-order chi connectivity index (χ1) is 15.1. The van der Waals surface area contributed by atoms with Gasteiger partial charge in [-0.2, -0.15) is 13.2 Å². The van der Waals surface area contributed by atoms with Gasteiger partial charge in [0.1, 0.15) is 5.52 Å². The summed E-state index contributed by atoms with van der Waals surface area (Å²) in [7, 11) is 1.76. The van der Waals surface area contributed by atoms with Gasteiger partial charge in [-0.05, 0) is 43.9 Å². The second-order valence-corrected chi connectivity index (χ2v) is 8.66. The Hall–Kier alpha value is -2.52. The fourth-order valence-corrected chi connectivity index (χ4v) is 4.37. The molecule has 1 aromatic carbocycles. The molecular weight excluding hydrogens is 466 g/mol. The number of anilines is 2. The SMILES string of the molecule is Cn1c(Nc2c(Cl)cccc2Cl)nc2cc(C(=O)N[C@H]3CC[C@H](C(F)(F)F)CC3)cnc21. The van der Waals surface area contributed by atoms with Crippen molar-refractivity contribution < 1.29 is 18.0 Å². The third-order valence-corrected chi connectivity index (χ3v) is 6.33. The van der Waals surface area contributed by atoms with Crippen LogP contribution in [0.25, 0.3) is 11.2 Å². The zero-order chi connectivity index (χ0) is 23.0. The molecule has 0 saturated heterocycles. The van der Waals surface area contributed by atoms with Crippen molar-refractivity contribution in [2.75, 3.05) is 5.32 Å². The molecule has 1 aliphatic rings. The van der Waals surface area contributed by atoms with Gasteiger partial charge < -0.3 is 10.6 Å². The maximum Gasteiger partial charge on any atom is 0.391 e. The lowest BCUT2D eigenvalue weighted by molar-refractivity contribution is -0.182. The molecule has 0 aliphatic heterocycles. The van der Waals surface area contributed by atoms with Crippen LogP contribution in [0.15, 0.2) is 30.5 Å². The monoisotopic (exact) mass is 485 g/mol. The predicted molar refractivity (Wildman–Crippen MR) is 118 cm³/mol. The summed E-state index contributed by atoms with van der Waals surface area (Å²) in [5.74, 6) is -1.24. The van der Waals surface area contributed by atoms with Crippen LogP contribution in [0, 0.1) is 5.92 Å². The normalized spacial score (nSPS) is 19.2. The van der Waals surface area contributed by atoms with E-state index in [0.717, 1.165) is 0 Å². The number of hydrogen-bond donors (Lipinski definition) is 2. The number of nitrogens with zero attached hydrogens (tertiary/aromatic N) is 3. The second kappa shape index (κ2) is 8.78. The standard InChI is InChI=1S/C21H20Cl2F3N5O/c1-31-18-16(29-20(31)30-17-14(22)3-2-4-15(17)23)9-11(10-27-18)19(32)28-13-7-5-12(6-8-13)21(24,25)26/h2-4,9-10,12-13H,5-8H2,1H3,(H,28,32)(H,29,30)/t12-,13-. The quantitative estimate of drug-likeness (QED) is 0.484. The third-order valence-electron chi connectivity index (χ3n) is 5.70. The number of aryl methyl sites for hydroxylation is 1. The molecule has 3 aromatic rings. The molecule has 0 atom stereocenters. The van der Waals surface area contributed by atoms with Gasteiger partial charge >= 0.3 is 6.18 Å². The summed E-state index contributed by atoms with van der Waals surface area (Å²) < 4.78 is 40.2. The van der Waals surface area contributed by atoms with Crippen molar-refractivity contribution in [3.05, 3.63) is 46.1 Å². The molecule has 4 rings (SSSR count). The zero-order valence-corrected chi connectivity index (χ0v) is 18.5. The molecule has 1 fully saturated rings. The highest BCUT2D eigenvalue weighted by Gasteiger charge is 2.41. The minimum absolute atomic E-state index is 0.0195. The largest absolute Gasteiger partial charge is 0.391 e. The van der Waals surface area contributed by atoms with E-state index in [-0.39, 0.29) is 30.4 Å². The number of imidazole rings is 1. The number of halogens is 5. The van der Waals surface area contributed by atoms with Gasteiger partial charge in [0.2, 0.25) is 5.95 Å². The summed E-state index contributed by atoms with van der Waals surface area (Å²) in [6, 6.07) is 6.42. The van der Waals surface area contributed by atoms with Crippen LogP contribution in [-0.2, 0) is 7.05 Å². The topological polar surface area (TPSA) is 71.8 Å². The van der Waals surface area contributed by atoms with Crippen molar-refractivity contribution in [2.24, 2.45) is 13.0 Å². The summed E-state index contributed by atoms with van der Waals surface area (Å²) in [6.07, 6.45) is -2.13. The number of hydrogen-bond acceptors (Lipinski definition) is 4. The number of carbonyl (C=O) groups excluding carboxylic acids is 1. The number of aromatic nitrogens is 3. The number of pyridine rings is 1. The van der Waals surface area contributed by atoms with Gasteiger partial charge in [-0.15, -0.1) is 0 Å². The van der Waals surface area contributed by atoms with Crippen LogP contribution >= 0.6 is 23.2 Å². The van der Waals surface area contributed by atoms with Crippen LogP contribution in [0.3, 0.4) is 0 Å². The van der Waals surface area contributed by atoms with Crippen LogP contribution in [0.5, 0.6) is 0 Å². The van der Waals surface area contributed by atoms with Gasteiger partial charge in [0.05, 0.1) is 27.2 Å². The number of amides is 1. The van der Waals surface area contributed by atoms with Crippen molar-refractivity contribution in [2.45, 2.75) is 37.9 Å². The van der Waals surface area contributed by atoms with Crippen molar-refractivity contribution >= 4 is 51.9 Å². The Morgan fingerprint density at radius 1 is 1.16 bits per heavy atom. The van der Waals surface area contributed by atoms with Crippen molar-refractivity contribution in [1.29, 1.82) is 0 Å². The first kappa shape index (κ1) is 22.7. The number of para-hydroxylation sites is 1. The highest BCUT2D eigenvalue weighted by Crippen LogP contribution is 2.37. The lowest BCUT2D eigenvalue weighted by atomic mass is 9.85. The molecule has 2 heterocycles. The Morgan fingerprint density at radius 2 is 1.81 bits per heavy atom. The average Bonchev–Trinajstić information content (AvgIpc) is 3.05. The Kier molecular flexibility index (Phi) is 6.22. The van der Waals surface area contributed by atoms with E-state index in [0.29, 0.717) is 45.7 Å². The maximum absolute atomic E-state index is 12.8. The number of fused-ring (bicyclic) bond motifs is 1. The van der Waals surface area contributed by atoms with Gasteiger partial charge in [-0.25, -0.2) is 9.97 Å². The summed E-state index contributed by atoms with van der Waals surface area (Å²) >= 11 is 12.4. The Balaban J connectivity index is 1.49.